The second-order valence-electron chi connectivity index (χ2n) is 9.39. The van der Waals surface area contributed by atoms with E-state index in [0.717, 1.165) is 0 Å². The third-order valence-corrected chi connectivity index (χ3v) is 6.60. The number of carbonyl (C=O) groups is 2. The first-order valence-corrected chi connectivity index (χ1v) is 13.0. The van der Waals surface area contributed by atoms with Gasteiger partial charge in [-0.3, -0.25) is 9.59 Å². The maximum atomic E-state index is 14.3. The summed E-state index contributed by atoms with van der Waals surface area (Å²) in [7, 11) is 3.18. The summed E-state index contributed by atoms with van der Waals surface area (Å²) < 4.78 is 33.4. The number of aromatic nitrogens is 5. The van der Waals surface area contributed by atoms with E-state index in [2.05, 4.69) is 25.8 Å². The standard InChI is InChI=1S/C28H28FN7O6/c1-30-27(38)22-13-17(21-7-9-25(37)31-26(21)29)6-8-23(22)42-15-20-14-36(10-11-40-20)28(39)18-4-3-5-19(12-18)41-16-24-32-33-34-35(24)2/h3-9,12-13,20H,10-11,14-16H2,1-2H3,(H,30,38)(H,31,37)/t20-/m0/s1. The van der Waals surface area contributed by atoms with Gasteiger partial charge in [-0.25, -0.2) is 4.68 Å². The van der Waals surface area contributed by atoms with Crippen molar-refractivity contribution in [2.45, 2.75) is 12.7 Å². The maximum absolute atomic E-state index is 14.3. The van der Waals surface area contributed by atoms with E-state index in [-0.39, 0.29) is 42.5 Å². The Morgan fingerprint density at radius 1 is 1.17 bits per heavy atom. The molecule has 3 heterocycles. The minimum Gasteiger partial charge on any atom is -0.493 e. The Morgan fingerprint density at radius 2 is 2.02 bits per heavy atom. The van der Waals surface area contributed by atoms with Gasteiger partial charge in [0.05, 0.1) is 18.7 Å². The van der Waals surface area contributed by atoms with Gasteiger partial charge in [-0.2, -0.15) is 9.37 Å². The average Bonchev–Trinajstić information content (AvgIpc) is 3.42. The molecule has 1 saturated heterocycles. The van der Waals surface area contributed by atoms with E-state index in [1.807, 2.05) is 0 Å². The Kier molecular flexibility index (Phi) is 8.52. The molecule has 2 aromatic carbocycles. The molecule has 1 fully saturated rings. The number of hydrogen-bond acceptors (Lipinski definition) is 10. The number of amides is 2. The first-order chi connectivity index (χ1) is 20.3. The molecule has 0 aliphatic carbocycles. The number of benzene rings is 2. The van der Waals surface area contributed by atoms with Gasteiger partial charge >= 0.3 is 0 Å². The Hall–Kier alpha value is -5.11. The third-order valence-electron chi connectivity index (χ3n) is 6.60. The smallest absolute Gasteiger partial charge is 0.254 e. The molecule has 2 aromatic heterocycles. The van der Waals surface area contributed by atoms with Gasteiger partial charge in [0, 0.05) is 37.8 Å². The van der Waals surface area contributed by atoms with Gasteiger partial charge in [-0.15, -0.1) is 5.10 Å². The number of halogens is 1. The highest BCUT2D eigenvalue weighted by atomic mass is 19.1. The maximum Gasteiger partial charge on any atom is 0.254 e. The van der Waals surface area contributed by atoms with Gasteiger partial charge in [0.25, 0.3) is 11.8 Å². The second-order valence-corrected chi connectivity index (χ2v) is 9.39. The lowest BCUT2D eigenvalue weighted by atomic mass is 10.0. The van der Waals surface area contributed by atoms with Crippen molar-refractivity contribution in [3.63, 3.8) is 0 Å². The van der Waals surface area contributed by atoms with Crippen LogP contribution in [0.15, 0.2) is 54.6 Å². The Labute approximate surface area is 239 Å². The fraction of sp³-hybridized carbons (Fsp3) is 0.286. The Balaban J connectivity index is 1.24. The van der Waals surface area contributed by atoms with Crippen molar-refractivity contribution in [3.05, 3.63) is 77.5 Å². The molecule has 0 radical (unpaired) electrons. The monoisotopic (exact) mass is 577 g/mol. The molecule has 1 atom stereocenters. The number of morpholine rings is 1. The second kappa shape index (κ2) is 12.6. The molecule has 0 spiro atoms. The molecule has 0 unspecified atom stereocenters. The van der Waals surface area contributed by atoms with Gasteiger partial charge < -0.3 is 29.5 Å². The van der Waals surface area contributed by atoms with Crippen LogP contribution < -0.4 is 14.8 Å². The van der Waals surface area contributed by atoms with Crippen LogP contribution in [0.25, 0.3) is 11.1 Å². The summed E-state index contributed by atoms with van der Waals surface area (Å²) in [6.07, 6.45) is -0.457. The zero-order valence-corrected chi connectivity index (χ0v) is 22.9. The molecule has 13 nitrogen and oxygen atoms in total. The van der Waals surface area contributed by atoms with E-state index in [0.29, 0.717) is 35.9 Å². The van der Waals surface area contributed by atoms with E-state index in [4.69, 9.17) is 14.2 Å². The molecule has 1 aliphatic rings. The number of nitrogens with zero attached hydrogens (tertiary/aromatic N) is 6. The van der Waals surface area contributed by atoms with E-state index < -0.39 is 23.8 Å². The van der Waals surface area contributed by atoms with E-state index in [1.54, 1.807) is 48.3 Å². The predicted octanol–water partition coefficient (Wildman–Crippen LogP) is 1.98. The number of ether oxygens (including phenoxy) is 3. The quantitative estimate of drug-likeness (QED) is 0.282. The van der Waals surface area contributed by atoms with Crippen molar-refractivity contribution in [1.29, 1.82) is 0 Å². The molecule has 5 rings (SSSR count). The molecular weight excluding hydrogens is 549 g/mol. The largest absolute Gasteiger partial charge is 0.493 e. The minimum atomic E-state index is -0.869. The van der Waals surface area contributed by atoms with Crippen LogP contribution in [0.5, 0.6) is 17.4 Å². The summed E-state index contributed by atoms with van der Waals surface area (Å²) in [4.78, 5) is 31.0. The lowest BCUT2D eigenvalue weighted by Crippen LogP contribution is -2.47. The molecule has 0 saturated carbocycles. The number of rotatable bonds is 9. The molecule has 218 valence electrons. The van der Waals surface area contributed by atoms with Crippen LogP contribution in [0.2, 0.25) is 0 Å². The number of aryl methyl sites for hydroxylation is 1. The van der Waals surface area contributed by atoms with E-state index in [9.17, 15) is 19.1 Å². The van der Waals surface area contributed by atoms with Gasteiger partial charge in [0.1, 0.15) is 30.8 Å². The summed E-state index contributed by atoms with van der Waals surface area (Å²) >= 11 is 0. The lowest BCUT2D eigenvalue weighted by molar-refractivity contribution is -0.0402. The summed E-state index contributed by atoms with van der Waals surface area (Å²) in [5.41, 5.74) is 1.14. The van der Waals surface area contributed by atoms with Crippen LogP contribution in [0.3, 0.4) is 0 Å². The van der Waals surface area contributed by atoms with E-state index in [1.165, 1.54) is 29.9 Å². The number of hydrogen-bond donors (Lipinski definition) is 2. The summed E-state index contributed by atoms with van der Waals surface area (Å²) in [6.45, 7) is 1.19. The highest BCUT2D eigenvalue weighted by Crippen LogP contribution is 2.29. The van der Waals surface area contributed by atoms with Crippen molar-refractivity contribution in [1.82, 2.24) is 35.4 Å². The molecule has 1 aliphatic heterocycles. The van der Waals surface area contributed by atoms with Crippen LogP contribution in [-0.2, 0) is 18.4 Å². The minimum absolute atomic E-state index is 0.0666. The number of carbonyl (C=O) groups excluding carboxylic acids is 2. The van der Waals surface area contributed by atoms with Gasteiger partial charge in [-0.1, -0.05) is 12.1 Å². The number of nitrogens with one attached hydrogen (secondary N) is 1. The number of tetrazole rings is 1. The fourth-order valence-electron chi connectivity index (χ4n) is 4.38. The third kappa shape index (κ3) is 6.44. The van der Waals surface area contributed by atoms with Crippen molar-refractivity contribution in [2.24, 2.45) is 7.05 Å². The van der Waals surface area contributed by atoms with E-state index >= 15 is 0 Å². The Bertz CT molecular complexity index is 1600. The average molecular weight is 578 g/mol. The van der Waals surface area contributed by atoms with Crippen LogP contribution in [-0.4, -0.2) is 86.5 Å². The van der Waals surface area contributed by atoms with Crippen LogP contribution in [0, 0.1) is 5.95 Å². The van der Waals surface area contributed by atoms with Crippen LogP contribution in [0.4, 0.5) is 4.39 Å². The topological polar surface area (TPSA) is 154 Å². The number of pyridine rings is 1. The highest BCUT2D eigenvalue weighted by Gasteiger charge is 2.26. The highest BCUT2D eigenvalue weighted by molar-refractivity contribution is 5.98. The van der Waals surface area contributed by atoms with Crippen molar-refractivity contribution < 1.29 is 33.3 Å². The summed E-state index contributed by atoms with van der Waals surface area (Å²) in [6, 6.07) is 14.1. The zero-order chi connectivity index (χ0) is 29.6. The molecule has 2 N–H and O–H groups in total. The molecule has 0 bridgehead atoms. The van der Waals surface area contributed by atoms with Crippen LogP contribution >= 0.6 is 0 Å². The van der Waals surface area contributed by atoms with Crippen molar-refractivity contribution >= 4 is 11.8 Å². The molecule has 4 aromatic rings. The Morgan fingerprint density at radius 3 is 2.79 bits per heavy atom. The molecular formula is C28H28FN7O6. The zero-order valence-electron chi connectivity index (χ0n) is 22.9. The molecule has 42 heavy (non-hydrogen) atoms. The molecule has 14 heteroatoms. The van der Waals surface area contributed by atoms with Gasteiger partial charge in [0.2, 0.25) is 11.8 Å². The first-order valence-electron chi connectivity index (χ1n) is 13.0. The fourth-order valence-corrected chi connectivity index (χ4v) is 4.38. The molecule has 2 amide bonds. The normalized spacial score (nSPS) is 14.8. The number of aromatic hydroxyl groups is 1. The summed E-state index contributed by atoms with van der Waals surface area (Å²) in [5, 5.41) is 23.2. The van der Waals surface area contributed by atoms with Crippen molar-refractivity contribution in [2.75, 3.05) is 33.4 Å². The van der Waals surface area contributed by atoms with Crippen LogP contribution in [0.1, 0.15) is 26.5 Å². The lowest BCUT2D eigenvalue weighted by Gasteiger charge is -2.33. The van der Waals surface area contributed by atoms with Gasteiger partial charge in [-0.05, 0) is 52.4 Å². The van der Waals surface area contributed by atoms with Gasteiger partial charge in [0.15, 0.2) is 5.82 Å². The first kappa shape index (κ1) is 28.4. The SMILES string of the molecule is CNC(=O)c1cc(-c2ccc(O)nc2F)ccc1OC[C@@H]1CN(C(=O)c2cccc(OCc3nnnn3C)c2)CCO1. The predicted molar refractivity (Wildman–Crippen MR) is 145 cm³/mol. The summed E-state index contributed by atoms with van der Waals surface area (Å²) in [5.74, 6) is -0.620. The van der Waals surface area contributed by atoms with Crippen molar-refractivity contribution in [3.8, 4) is 28.5 Å².